The highest BCUT2D eigenvalue weighted by Crippen LogP contribution is 2.15. The fourth-order valence-corrected chi connectivity index (χ4v) is 2.13. The van der Waals surface area contributed by atoms with Gasteiger partial charge < -0.3 is 9.73 Å². The first-order valence-corrected chi connectivity index (χ1v) is 7.30. The molecular formula is C17H16N4O2. The third-order valence-electron chi connectivity index (χ3n) is 3.28. The van der Waals surface area contributed by atoms with Crippen LogP contribution < -0.4 is 5.32 Å². The predicted octanol–water partition coefficient (Wildman–Crippen LogP) is 2.41. The largest absolute Gasteiger partial charge is 0.421 e. The number of amides is 1. The number of benzene rings is 1. The van der Waals surface area contributed by atoms with Crippen molar-refractivity contribution in [1.82, 2.24) is 20.5 Å². The lowest BCUT2D eigenvalue weighted by Gasteiger charge is -2.04. The predicted molar refractivity (Wildman–Crippen MR) is 84.7 cm³/mol. The Labute approximate surface area is 133 Å². The Hall–Kier alpha value is -3.02. The van der Waals surface area contributed by atoms with E-state index in [1.165, 1.54) is 0 Å². The lowest BCUT2D eigenvalue weighted by atomic mass is 10.1. The highest BCUT2D eigenvalue weighted by molar-refractivity contribution is 5.94. The Morgan fingerprint density at radius 1 is 1.22 bits per heavy atom. The summed E-state index contributed by atoms with van der Waals surface area (Å²) in [6, 6.07) is 11.1. The van der Waals surface area contributed by atoms with E-state index in [0.717, 1.165) is 11.1 Å². The average molecular weight is 308 g/mol. The van der Waals surface area contributed by atoms with Crippen molar-refractivity contribution in [3.63, 3.8) is 0 Å². The molecule has 2 aromatic heterocycles. The molecule has 0 aliphatic rings. The summed E-state index contributed by atoms with van der Waals surface area (Å²) >= 11 is 0. The van der Waals surface area contributed by atoms with Crippen molar-refractivity contribution >= 4 is 5.91 Å². The van der Waals surface area contributed by atoms with E-state index in [4.69, 9.17) is 4.42 Å². The Morgan fingerprint density at radius 3 is 2.91 bits per heavy atom. The fourth-order valence-electron chi connectivity index (χ4n) is 2.13. The van der Waals surface area contributed by atoms with Crippen LogP contribution in [0.4, 0.5) is 0 Å². The Bertz CT molecular complexity index is 799. The molecule has 0 spiro atoms. The van der Waals surface area contributed by atoms with Crippen LogP contribution in [0.15, 0.2) is 53.2 Å². The minimum Gasteiger partial charge on any atom is -0.421 e. The lowest BCUT2D eigenvalue weighted by Crippen LogP contribution is -2.25. The van der Waals surface area contributed by atoms with Crippen molar-refractivity contribution in [2.75, 3.05) is 6.54 Å². The van der Waals surface area contributed by atoms with E-state index in [1.807, 2.05) is 31.2 Å². The van der Waals surface area contributed by atoms with E-state index >= 15 is 0 Å². The van der Waals surface area contributed by atoms with Gasteiger partial charge in [-0.15, -0.1) is 10.2 Å². The summed E-state index contributed by atoms with van der Waals surface area (Å²) in [5, 5.41) is 10.8. The maximum atomic E-state index is 12.0. The maximum Gasteiger partial charge on any atom is 0.251 e. The summed E-state index contributed by atoms with van der Waals surface area (Å²) in [7, 11) is 0. The molecule has 0 radical (unpaired) electrons. The molecule has 2 heterocycles. The number of carbonyl (C=O) groups excluding carboxylic acids is 1. The molecule has 3 rings (SSSR count). The van der Waals surface area contributed by atoms with Gasteiger partial charge in [0.25, 0.3) is 5.91 Å². The number of carbonyl (C=O) groups is 1. The molecule has 0 unspecified atom stereocenters. The van der Waals surface area contributed by atoms with Crippen LogP contribution in [-0.4, -0.2) is 27.6 Å². The molecule has 1 aromatic carbocycles. The molecule has 3 aromatic rings. The van der Waals surface area contributed by atoms with Crippen LogP contribution in [0, 0.1) is 6.92 Å². The van der Waals surface area contributed by atoms with Crippen LogP contribution >= 0.6 is 0 Å². The second-order valence-electron chi connectivity index (χ2n) is 5.12. The molecule has 0 aliphatic carbocycles. The molecule has 0 atom stereocenters. The molecule has 23 heavy (non-hydrogen) atoms. The van der Waals surface area contributed by atoms with E-state index < -0.39 is 0 Å². The maximum absolute atomic E-state index is 12.0. The average Bonchev–Trinajstić information content (AvgIpc) is 3.04. The standard InChI is InChI=1S/C17H16N4O2/c1-12-4-2-5-13(10-12)16(22)19-9-7-15-20-21-17(23-15)14-6-3-8-18-11-14/h2-6,8,10-11H,7,9H2,1H3,(H,19,22). The molecule has 6 nitrogen and oxygen atoms in total. The Balaban J connectivity index is 1.55. The summed E-state index contributed by atoms with van der Waals surface area (Å²) in [5.74, 6) is 0.798. The number of hydrogen-bond acceptors (Lipinski definition) is 5. The second kappa shape index (κ2) is 6.83. The molecular weight excluding hydrogens is 292 g/mol. The zero-order valence-electron chi connectivity index (χ0n) is 12.7. The van der Waals surface area contributed by atoms with Gasteiger partial charge in [-0.2, -0.15) is 0 Å². The quantitative estimate of drug-likeness (QED) is 0.783. The summed E-state index contributed by atoms with van der Waals surface area (Å²) < 4.78 is 5.56. The summed E-state index contributed by atoms with van der Waals surface area (Å²) in [4.78, 5) is 16.0. The van der Waals surface area contributed by atoms with Crippen LogP contribution in [-0.2, 0) is 6.42 Å². The van der Waals surface area contributed by atoms with E-state index in [-0.39, 0.29) is 5.91 Å². The monoisotopic (exact) mass is 308 g/mol. The molecule has 1 amide bonds. The van der Waals surface area contributed by atoms with Crippen LogP contribution in [0.3, 0.4) is 0 Å². The minimum absolute atomic E-state index is 0.110. The molecule has 116 valence electrons. The third-order valence-corrected chi connectivity index (χ3v) is 3.28. The second-order valence-corrected chi connectivity index (χ2v) is 5.12. The molecule has 1 N–H and O–H groups in total. The highest BCUT2D eigenvalue weighted by Gasteiger charge is 2.09. The SMILES string of the molecule is Cc1cccc(C(=O)NCCc2nnc(-c3cccnc3)o2)c1. The van der Waals surface area contributed by atoms with Crippen molar-refractivity contribution in [1.29, 1.82) is 0 Å². The first-order chi connectivity index (χ1) is 11.2. The zero-order chi connectivity index (χ0) is 16.1. The van der Waals surface area contributed by atoms with Gasteiger partial charge in [-0.25, -0.2) is 0 Å². The molecule has 0 aliphatic heterocycles. The minimum atomic E-state index is -0.110. The molecule has 0 fully saturated rings. The van der Waals surface area contributed by atoms with Crippen LogP contribution in [0.1, 0.15) is 21.8 Å². The Morgan fingerprint density at radius 2 is 2.13 bits per heavy atom. The van der Waals surface area contributed by atoms with Crippen LogP contribution in [0.5, 0.6) is 0 Å². The molecule has 0 saturated heterocycles. The number of rotatable bonds is 5. The summed E-state index contributed by atoms with van der Waals surface area (Å²) in [6.07, 6.45) is 3.82. The highest BCUT2D eigenvalue weighted by atomic mass is 16.4. The van der Waals surface area contributed by atoms with E-state index in [0.29, 0.717) is 30.3 Å². The fraction of sp³-hybridized carbons (Fsp3) is 0.176. The van der Waals surface area contributed by atoms with Gasteiger partial charge in [0.2, 0.25) is 11.8 Å². The van der Waals surface area contributed by atoms with E-state index in [9.17, 15) is 4.79 Å². The summed E-state index contributed by atoms with van der Waals surface area (Å²) in [5.41, 5.74) is 2.47. The van der Waals surface area contributed by atoms with Crippen molar-refractivity contribution in [3.8, 4) is 11.5 Å². The van der Waals surface area contributed by atoms with Gasteiger partial charge >= 0.3 is 0 Å². The van der Waals surface area contributed by atoms with Gasteiger partial charge in [0.1, 0.15) is 0 Å². The lowest BCUT2D eigenvalue weighted by molar-refractivity contribution is 0.0953. The normalized spacial score (nSPS) is 10.5. The van der Waals surface area contributed by atoms with Crippen molar-refractivity contribution in [3.05, 3.63) is 65.8 Å². The van der Waals surface area contributed by atoms with E-state index in [1.54, 1.807) is 24.5 Å². The van der Waals surface area contributed by atoms with Crippen LogP contribution in [0.25, 0.3) is 11.5 Å². The van der Waals surface area contributed by atoms with Gasteiger partial charge in [-0.05, 0) is 31.2 Å². The number of pyridine rings is 1. The molecule has 0 saturated carbocycles. The first kappa shape index (κ1) is 14.9. The number of hydrogen-bond donors (Lipinski definition) is 1. The topological polar surface area (TPSA) is 80.9 Å². The smallest absolute Gasteiger partial charge is 0.251 e. The molecule has 0 bridgehead atoms. The van der Waals surface area contributed by atoms with Gasteiger partial charge in [0, 0.05) is 30.9 Å². The number of aromatic nitrogens is 3. The third kappa shape index (κ3) is 3.79. The van der Waals surface area contributed by atoms with Gasteiger partial charge in [0.15, 0.2) is 0 Å². The summed E-state index contributed by atoms with van der Waals surface area (Å²) in [6.45, 7) is 2.39. The number of nitrogens with zero attached hydrogens (tertiary/aromatic N) is 3. The Kier molecular flexibility index (Phi) is 4.42. The van der Waals surface area contributed by atoms with E-state index in [2.05, 4.69) is 20.5 Å². The van der Waals surface area contributed by atoms with Crippen molar-refractivity contribution in [2.45, 2.75) is 13.3 Å². The number of nitrogens with one attached hydrogen (secondary N) is 1. The zero-order valence-corrected chi connectivity index (χ0v) is 12.7. The molecule has 6 heteroatoms. The van der Waals surface area contributed by atoms with Crippen molar-refractivity contribution < 1.29 is 9.21 Å². The van der Waals surface area contributed by atoms with Crippen molar-refractivity contribution in [2.24, 2.45) is 0 Å². The van der Waals surface area contributed by atoms with Gasteiger partial charge in [-0.3, -0.25) is 9.78 Å². The van der Waals surface area contributed by atoms with Crippen LogP contribution in [0.2, 0.25) is 0 Å². The van der Waals surface area contributed by atoms with Gasteiger partial charge in [0.05, 0.1) is 5.56 Å². The van der Waals surface area contributed by atoms with Gasteiger partial charge in [-0.1, -0.05) is 17.7 Å². The first-order valence-electron chi connectivity index (χ1n) is 7.30. The number of aryl methyl sites for hydroxylation is 1.